The lowest BCUT2D eigenvalue weighted by Crippen LogP contribution is -2.21. The summed E-state index contributed by atoms with van der Waals surface area (Å²) >= 11 is 0. The Kier molecular flexibility index (Phi) is 3.65. The third kappa shape index (κ3) is 2.74. The standard InChI is InChI=1S/C12H13N5O3/c1-16(10-6-14-15-11(10)12(13)18)7-8-3-2-4-9(5-8)17(19)20/h2-6H,7H2,1H3,(H2,13,18)(H,14,15). The second-order valence-corrected chi connectivity index (χ2v) is 4.27. The van der Waals surface area contributed by atoms with Crippen molar-refractivity contribution in [1.29, 1.82) is 0 Å². The first-order valence-corrected chi connectivity index (χ1v) is 5.77. The maximum absolute atomic E-state index is 11.2. The average molecular weight is 275 g/mol. The first-order chi connectivity index (χ1) is 9.49. The summed E-state index contributed by atoms with van der Waals surface area (Å²) in [6.07, 6.45) is 1.55. The molecule has 2 rings (SSSR count). The summed E-state index contributed by atoms with van der Waals surface area (Å²) in [7, 11) is 1.75. The Morgan fingerprint density at radius 3 is 2.95 bits per heavy atom. The van der Waals surface area contributed by atoms with Gasteiger partial charge < -0.3 is 10.6 Å². The number of rotatable bonds is 5. The van der Waals surface area contributed by atoms with E-state index in [0.29, 0.717) is 12.2 Å². The van der Waals surface area contributed by atoms with Crippen LogP contribution in [0.5, 0.6) is 0 Å². The van der Waals surface area contributed by atoms with Gasteiger partial charge in [0.25, 0.3) is 11.6 Å². The number of nitrogens with one attached hydrogen (secondary N) is 1. The molecule has 8 nitrogen and oxygen atoms in total. The Labute approximate surface area is 114 Å². The summed E-state index contributed by atoms with van der Waals surface area (Å²) in [5.74, 6) is -0.632. The molecule has 1 aromatic carbocycles. The van der Waals surface area contributed by atoms with Gasteiger partial charge in [0, 0.05) is 31.9 Å². The number of nitro benzene ring substituents is 1. The van der Waals surface area contributed by atoms with Gasteiger partial charge in [-0.3, -0.25) is 20.0 Å². The van der Waals surface area contributed by atoms with Crippen molar-refractivity contribution in [3.8, 4) is 0 Å². The number of hydrogen-bond acceptors (Lipinski definition) is 5. The summed E-state index contributed by atoms with van der Waals surface area (Å²) in [4.78, 5) is 23.2. The van der Waals surface area contributed by atoms with Crippen LogP contribution in [0.1, 0.15) is 16.1 Å². The predicted octanol–water partition coefficient (Wildman–Crippen LogP) is 1.05. The Bertz CT molecular complexity index is 652. The van der Waals surface area contributed by atoms with E-state index in [9.17, 15) is 14.9 Å². The van der Waals surface area contributed by atoms with Gasteiger partial charge in [-0.05, 0) is 5.56 Å². The van der Waals surface area contributed by atoms with Crippen LogP contribution in [-0.4, -0.2) is 28.1 Å². The number of H-pyrrole nitrogens is 1. The van der Waals surface area contributed by atoms with Crippen molar-refractivity contribution >= 4 is 17.3 Å². The summed E-state index contributed by atoms with van der Waals surface area (Å²) in [6.45, 7) is 0.390. The van der Waals surface area contributed by atoms with Crippen molar-refractivity contribution < 1.29 is 9.72 Å². The molecular weight excluding hydrogens is 262 g/mol. The molecule has 0 bridgehead atoms. The second kappa shape index (κ2) is 5.39. The Morgan fingerprint density at radius 1 is 1.55 bits per heavy atom. The lowest BCUT2D eigenvalue weighted by molar-refractivity contribution is -0.384. The molecule has 0 saturated heterocycles. The molecule has 0 aliphatic rings. The number of carbonyl (C=O) groups excluding carboxylic acids is 1. The number of anilines is 1. The number of amides is 1. The second-order valence-electron chi connectivity index (χ2n) is 4.27. The third-order valence-corrected chi connectivity index (χ3v) is 2.81. The maximum atomic E-state index is 11.2. The monoisotopic (exact) mass is 275 g/mol. The highest BCUT2D eigenvalue weighted by atomic mass is 16.6. The topological polar surface area (TPSA) is 118 Å². The molecule has 0 spiro atoms. The molecule has 0 fully saturated rings. The fourth-order valence-electron chi connectivity index (χ4n) is 1.88. The summed E-state index contributed by atoms with van der Waals surface area (Å²) in [5, 5.41) is 17.1. The molecule has 2 aromatic rings. The fourth-order valence-corrected chi connectivity index (χ4v) is 1.88. The summed E-state index contributed by atoms with van der Waals surface area (Å²) in [5.41, 5.74) is 6.67. The van der Waals surface area contributed by atoms with Gasteiger partial charge in [0.2, 0.25) is 0 Å². The van der Waals surface area contributed by atoms with Crippen LogP contribution in [0.4, 0.5) is 11.4 Å². The minimum absolute atomic E-state index is 0.0261. The molecule has 104 valence electrons. The molecule has 0 aliphatic heterocycles. The van der Waals surface area contributed by atoms with Crippen LogP contribution < -0.4 is 10.6 Å². The van der Waals surface area contributed by atoms with E-state index < -0.39 is 10.8 Å². The van der Waals surface area contributed by atoms with Crippen molar-refractivity contribution in [2.45, 2.75) is 6.54 Å². The lowest BCUT2D eigenvalue weighted by atomic mass is 10.2. The number of nitro groups is 1. The van der Waals surface area contributed by atoms with Crippen molar-refractivity contribution in [2.24, 2.45) is 5.73 Å². The lowest BCUT2D eigenvalue weighted by Gasteiger charge is -2.18. The molecule has 1 heterocycles. The molecule has 3 N–H and O–H groups in total. The van der Waals surface area contributed by atoms with E-state index in [1.807, 2.05) is 0 Å². The highest BCUT2D eigenvalue weighted by molar-refractivity contribution is 5.96. The van der Waals surface area contributed by atoms with Gasteiger partial charge in [0.15, 0.2) is 5.69 Å². The van der Waals surface area contributed by atoms with Crippen LogP contribution in [0.3, 0.4) is 0 Å². The zero-order valence-electron chi connectivity index (χ0n) is 10.7. The molecule has 1 aromatic heterocycles. The van der Waals surface area contributed by atoms with E-state index in [1.165, 1.54) is 12.1 Å². The van der Waals surface area contributed by atoms with Gasteiger partial charge in [0.05, 0.1) is 10.6 Å². The molecule has 0 saturated carbocycles. The number of hydrogen-bond donors (Lipinski definition) is 2. The number of aromatic nitrogens is 2. The zero-order valence-corrected chi connectivity index (χ0v) is 10.7. The van der Waals surface area contributed by atoms with E-state index in [1.54, 1.807) is 30.3 Å². The number of aromatic amines is 1. The predicted molar refractivity (Wildman–Crippen MR) is 72.3 cm³/mol. The SMILES string of the molecule is CN(Cc1cccc([N+](=O)[O-])c1)c1c[nH]nc1C(N)=O. The molecule has 1 amide bonds. The van der Waals surface area contributed by atoms with E-state index in [0.717, 1.165) is 5.56 Å². The summed E-state index contributed by atoms with van der Waals surface area (Å²) in [6, 6.07) is 6.30. The molecule has 8 heteroatoms. The minimum Gasteiger partial charge on any atom is -0.367 e. The van der Waals surface area contributed by atoms with Crippen LogP contribution in [-0.2, 0) is 6.54 Å². The van der Waals surface area contributed by atoms with Crippen molar-refractivity contribution in [3.63, 3.8) is 0 Å². The zero-order chi connectivity index (χ0) is 14.7. The molecule has 0 aliphatic carbocycles. The summed E-state index contributed by atoms with van der Waals surface area (Å²) < 4.78 is 0. The van der Waals surface area contributed by atoms with Crippen molar-refractivity contribution in [3.05, 3.63) is 51.8 Å². The van der Waals surface area contributed by atoms with Crippen LogP contribution >= 0.6 is 0 Å². The first-order valence-electron chi connectivity index (χ1n) is 5.77. The van der Waals surface area contributed by atoms with Crippen molar-refractivity contribution in [1.82, 2.24) is 10.2 Å². The minimum atomic E-state index is -0.632. The molecule has 0 radical (unpaired) electrons. The fraction of sp³-hybridized carbons (Fsp3) is 0.167. The van der Waals surface area contributed by atoms with Gasteiger partial charge in [-0.25, -0.2) is 0 Å². The number of non-ortho nitro benzene ring substituents is 1. The Hall–Kier alpha value is -2.90. The largest absolute Gasteiger partial charge is 0.367 e. The van der Waals surface area contributed by atoms with Gasteiger partial charge in [0.1, 0.15) is 0 Å². The number of nitrogens with two attached hydrogens (primary N) is 1. The highest BCUT2D eigenvalue weighted by Crippen LogP contribution is 2.20. The normalized spacial score (nSPS) is 10.2. The molecular formula is C12H13N5O3. The Balaban J connectivity index is 2.21. The highest BCUT2D eigenvalue weighted by Gasteiger charge is 2.15. The third-order valence-electron chi connectivity index (χ3n) is 2.81. The molecule has 20 heavy (non-hydrogen) atoms. The van der Waals surface area contributed by atoms with Gasteiger partial charge in [-0.2, -0.15) is 5.10 Å². The molecule has 0 atom stereocenters. The van der Waals surface area contributed by atoms with Gasteiger partial charge in [-0.15, -0.1) is 0 Å². The van der Waals surface area contributed by atoms with E-state index in [-0.39, 0.29) is 11.4 Å². The quantitative estimate of drug-likeness (QED) is 0.624. The number of benzene rings is 1. The number of carbonyl (C=O) groups is 1. The van der Waals surface area contributed by atoms with E-state index in [4.69, 9.17) is 5.73 Å². The van der Waals surface area contributed by atoms with Crippen molar-refractivity contribution in [2.75, 3.05) is 11.9 Å². The van der Waals surface area contributed by atoms with E-state index in [2.05, 4.69) is 10.2 Å². The average Bonchev–Trinajstić information content (AvgIpc) is 2.88. The van der Waals surface area contributed by atoms with Crippen LogP contribution in [0.25, 0.3) is 0 Å². The maximum Gasteiger partial charge on any atom is 0.271 e. The van der Waals surface area contributed by atoms with Crippen LogP contribution in [0, 0.1) is 10.1 Å². The Morgan fingerprint density at radius 2 is 2.30 bits per heavy atom. The van der Waals surface area contributed by atoms with Gasteiger partial charge >= 0.3 is 0 Å². The van der Waals surface area contributed by atoms with Crippen LogP contribution in [0.2, 0.25) is 0 Å². The van der Waals surface area contributed by atoms with Crippen LogP contribution in [0.15, 0.2) is 30.5 Å². The smallest absolute Gasteiger partial charge is 0.271 e. The van der Waals surface area contributed by atoms with E-state index >= 15 is 0 Å². The first kappa shape index (κ1) is 13.5. The molecule has 0 unspecified atom stereocenters. The number of primary amides is 1. The number of nitrogens with zero attached hydrogens (tertiary/aromatic N) is 3. The van der Waals surface area contributed by atoms with Gasteiger partial charge in [-0.1, -0.05) is 12.1 Å².